The van der Waals surface area contributed by atoms with Gasteiger partial charge in [0.25, 0.3) is 0 Å². The molecule has 0 atom stereocenters. The van der Waals surface area contributed by atoms with Crippen molar-refractivity contribution in [1.29, 1.82) is 0 Å². The van der Waals surface area contributed by atoms with E-state index < -0.39 is 5.41 Å². The summed E-state index contributed by atoms with van der Waals surface area (Å²) in [6.45, 7) is 0. The van der Waals surface area contributed by atoms with E-state index >= 15 is 0 Å². The number of benzene rings is 6. The van der Waals surface area contributed by atoms with Crippen LogP contribution in [0.25, 0.3) is 31.3 Å². The van der Waals surface area contributed by atoms with Crippen molar-refractivity contribution >= 4 is 42.9 Å². The fourth-order valence-electron chi connectivity index (χ4n) is 6.56. The van der Waals surface area contributed by atoms with Crippen molar-refractivity contribution in [2.75, 3.05) is 5.32 Å². The average molecular weight is 516 g/mol. The van der Waals surface area contributed by atoms with Crippen LogP contribution < -0.4 is 5.32 Å². The third kappa shape index (κ3) is 3.25. The molecule has 1 aliphatic carbocycles. The topological polar surface area (TPSA) is 12.0 Å². The third-order valence-electron chi connectivity index (χ3n) is 8.12. The summed E-state index contributed by atoms with van der Waals surface area (Å²) in [7, 11) is 0. The number of hydrogen-bond donors (Lipinski definition) is 1. The zero-order chi connectivity index (χ0) is 25.8. The van der Waals surface area contributed by atoms with Crippen LogP contribution in [0.4, 0.5) is 11.4 Å². The van der Waals surface area contributed by atoms with E-state index in [4.69, 9.17) is 0 Å². The molecule has 1 nitrogen and oxygen atoms in total. The molecule has 2 heteroatoms. The highest BCUT2D eigenvalue weighted by Crippen LogP contribution is 2.57. The van der Waals surface area contributed by atoms with Crippen molar-refractivity contribution in [2.45, 2.75) is 5.41 Å². The zero-order valence-corrected chi connectivity index (χ0v) is 22.1. The number of fused-ring (bicyclic) bond motifs is 6. The van der Waals surface area contributed by atoms with E-state index in [1.165, 1.54) is 53.6 Å². The minimum Gasteiger partial charge on any atom is -0.355 e. The van der Waals surface area contributed by atoms with Gasteiger partial charge < -0.3 is 5.32 Å². The van der Waals surface area contributed by atoms with Gasteiger partial charge in [-0.2, -0.15) is 0 Å². The number of rotatable bonds is 4. The largest absolute Gasteiger partial charge is 0.355 e. The van der Waals surface area contributed by atoms with Gasteiger partial charge >= 0.3 is 0 Å². The first-order valence-electron chi connectivity index (χ1n) is 13.4. The van der Waals surface area contributed by atoms with Crippen LogP contribution in [0.2, 0.25) is 0 Å². The predicted octanol–water partition coefficient (Wildman–Crippen LogP) is 10.2. The quantitative estimate of drug-likeness (QED) is 0.246. The van der Waals surface area contributed by atoms with E-state index in [1.807, 2.05) is 11.3 Å². The standard InChI is InChI=1S/C37H25NS/c1-3-13-25(14-4-1)37(31-20-10-7-17-28(31)29-18-8-11-21-32(29)37)26-23-33(38-27-15-5-2-6-16-27)36-30-19-9-12-22-34(30)39-35(36)24-26/h1-24,38H. The van der Waals surface area contributed by atoms with E-state index in [0.29, 0.717) is 0 Å². The molecule has 0 bridgehead atoms. The zero-order valence-electron chi connectivity index (χ0n) is 21.3. The number of anilines is 2. The lowest BCUT2D eigenvalue weighted by Crippen LogP contribution is -2.28. The van der Waals surface area contributed by atoms with Gasteiger partial charge in [-0.05, 0) is 63.7 Å². The Morgan fingerprint density at radius 1 is 0.487 bits per heavy atom. The number of para-hydroxylation sites is 1. The smallest absolute Gasteiger partial charge is 0.0714 e. The maximum Gasteiger partial charge on any atom is 0.0714 e. The van der Waals surface area contributed by atoms with Gasteiger partial charge in [-0.1, -0.05) is 115 Å². The minimum absolute atomic E-state index is 0.425. The Hall–Kier alpha value is -4.66. The number of thiophene rings is 1. The summed E-state index contributed by atoms with van der Waals surface area (Å²) in [6.07, 6.45) is 0. The van der Waals surface area contributed by atoms with Gasteiger partial charge in [0, 0.05) is 31.5 Å². The maximum absolute atomic E-state index is 3.81. The van der Waals surface area contributed by atoms with E-state index in [9.17, 15) is 0 Å². The monoisotopic (exact) mass is 515 g/mol. The molecule has 0 radical (unpaired) electrons. The molecule has 1 aliphatic rings. The first kappa shape index (κ1) is 22.3. The van der Waals surface area contributed by atoms with Gasteiger partial charge in [-0.15, -0.1) is 11.3 Å². The van der Waals surface area contributed by atoms with Crippen LogP contribution >= 0.6 is 11.3 Å². The van der Waals surface area contributed by atoms with Crippen LogP contribution in [-0.2, 0) is 5.41 Å². The average Bonchev–Trinajstić information content (AvgIpc) is 3.52. The van der Waals surface area contributed by atoms with Crippen molar-refractivity contribution in [3.63, 3.8) is 0 Å². The van der Waals surface area contributed by atoms with Crippen molar-refractivity contribution in [2.24, 2.45) is 0 Å². The molecule has 1 N–H and O–H groups in total. The predicted molar refractivity (Wildman–Crippen MR) is 166 cm³/mol. The molecular formula is C37H25NS. The molecule has 0 spiro atoms. The molecule has 0 unspecified atom stereocenters. The Kier molecular flexibility index (Phi) is 4.98. The van der Waals surface area contributed by atoms with Gasteiger partial charge in [-0.25, -0.2) is 0 Å². The fourth-order valence-corrected chi connectivity index (χ4v) is 7.73. The third-order valence-corrected chi connectivity index (χ3v) is 9.24. The molecule has 0 amide bonds. The SMILES string of the molecule is c1ccc(Nc2cc(C3(c4ccccc4)c4ccccc4-c4ccccc43)cc3sc4ccccc4c23)cc1. The lowest BCUT2D eigenvalue weighted by molar-refractivity contribution is 0.770. The number of hydrogen-bond acceptors (Lipinski definition) is 2. The maximum atomic E-state index is 3.81. The normalized spacial score (nSPS) is 13.3. The minimum atomic E-state index is -0.425. The summed E-state index contributed by atoms with van der Waals surface area (Å²) in [5.74, 6) is 0. The summed E-state index contributed by atoms with van der Waals surface area (Å²) in [5, 5.41) is 6.39. The van der Waals surface area contributed by atoms with Gasteiger partial charge in [0.05, 0.1) is 5.41 Å². The first-order chi connectivity index (χ1) is 19.3. The van der Waals surface area contributed by atoms with Crippen LogP contribution in [-0.4, -0.2) is 0 Å². The number of nitrogens with one attached hydrogen (secondary N) is 1. The van der Waals surface area contributed by atoms with Gasteiger partial charge in [-0.3, -0.25) is 0 Å². The second kappa shape index (κ2) is 8.69. The summed E-state index contributed by atoms with van der Waals surface area (Å²) in [5.41, 5.74) is 9.67. The van der Waals surface area contributed by atoms with E-state index in [1.54, 1.807) is 0 Å². The molecule has 6 aromatic carbocycles. The second-order valence-corrected chi connectivity index (χ2v) is 11.3. The molecule has 1 heterocycles. The summed E-state index contributed by atoms with van der Waals surface area (Å²) >= 11 is 1.88. The molecule has 39 heavy (non-hydrogen) atoms. The van der Waals surface area contributed by atoms with Gasteiger partial charge in [0.2, 0.25) is 0 Å². The van der Waals surface area contributed by atoms with Crippen LogP contribution in [0.5, 0.6) is 0 Å². The van der Waals surface area contributed by atoms with Crippen molar-refractivity contribution < 1.29 is 0 Å². The van der Waals surface area contributed by atoms with Gasteiger partial charge in [0.15, 0.2) is 0 Å². The van der Waals surface area contributed by atoms with Crippen LogP contribution in [0.1, 0.15) is 22.3 Å². The van der Waals surface area contributed by atoms with Crippen LogP contribution in [0.15, 0.2) is 146 Å². The molecule has 7 aromatic rings. The van der Waals surface area contributed by atoms with Crippen LogP contribution in [0.3, 0.4) is 0 Å². The highest BCUT2D eigenvalue weighted by molar-refractivity contribution is 7.26. The Morgan fingerprint density at radius 3 is 1.79 bits per heavy atom. The Morgan fingerprint density at radius 2 is 1.08 bits per heavy atom. The summed E-state index contributed by atoms with van der Waals surface area (Å²) < 4.78 is 2.60. The molecule has 184 valence electrons. The lowest BCUT2D eigenvalue weighted by Gasteiger charge is -2.34. The molecule has 0 saturated heterocycles. The Labute approximate surface area is 232 Å². The van der Waals surface area contributed by atoms with E-state index in [2.05, 4.69) is 151 Å². The van der Waals surface area contributed by atoms with E-state index in [0.717, 1.165) is 11.4 Å². The highest BCUT2D eigenvalue weighted by Gasteiger charge is 2.46. The van der Waals surface area contributed by atoms with Gasteiger partial charge in [0.1, 0.15) is 0 Å². The summed E-state index contributed by atoms with van der Waals surface area (Å²) in [4.78, 5) is 0. The highest BCUT2D eigenvalue weighted by atomic mass is 32.1. The van der Waals surface area contributed by atoms with Crippen LogP contribution in [0, 0.1) is 0 Å². The molecule has 0 aliphatic heterocycles. The molecular weight excluding hydrogens is 490 g/mol. The van der Waals surface area contributed by atoms with Crippen molar-refractivity contribution in [3.8, 4) is 11.1 Å². The van der Waals surface area contributed by atoms with Crippen molar-refractivity contribution in [3.05, 3.63) is 168 Å². The Bertz CT molecular complexity index is 1940. The fraction of sp³-hybridized carbons (Fsp3) is 0.0270. The second-order valence-electron chi connectivity index (χ2n) is 10.2. The molecule has 0 saturated carbocycles. The first-order valence-corrected chi connectivity index (χ1v) is 14.2. The Balaban J connectivity index is 1.51. The summed E-state index contributed by atoms with van der Waals surface area (Å²) in [6, 6.07) is 53.0. The van der Waals surface area contributed by atoms with Crippen molar-refractivity contribution in [1.82, 2.24) is 0 Å². The lowest BCUT2D eigenvalue weighted by atomic mass is 9.67. The van der Waals surface area contributed by atoms with E-state index in [-0.39, 0.29) is 0 Å². The molecule has 8 rings (SSSR count). The molecule has 1 aromatic heterocycles. The molecule has 0 fully saturated rings.